The Bertz CT molecular complexity index is 1030. The maximum absolute atomic E-state index is 12.7. The minimum Gasteiger partial charge on any atom is -0.328 e. The lowest BCUT2D eigenvalue weighted by atomic mass is 10.3. The minimum absolute atomic E-state index is 0.281. The van der Waals surface area contributed by atoms with E-state index in [-0.39, 0.29) is 11.2 Å². The van der Waals surface area contributed by atoms with Crippen LogP contribution in [-0.2, 0) is 27.2 Å². The van der Waals surface area contributed by atoms with Gasteiger partial charge in [-0.05, 0) is 25.1 Å². The maximum Gasteiger partial charge on any atom is 0.332 e. The summed E-state index contributed by atoms with van der Waals surface area (Å²) in [4.78, 5) is 32.8. The molecule has 0 bridgehead atoms. The predicted octanol–water partition coefficient (Wildman–Crippen LogP) is 2.06. The highest BCUT2D eigenvalue weighted by molar-refractivity contribution is 7.16. The third-order valence-corrected chi connectivity index (χ3v) is 5.73. The second kappa shape index (κ2) is 7.77. The Morgan fingerprint density at radius 2 is 2.04 bits per heavy atom. The lowest BCUT2D eigenvalue weighted by Gasteiger charge is -2.19. The number of aryl methyl sites for hydroxylation is 2. The van der Waals surface area contributed by atoms with Gasteiger partial charge < -0.3 is 4.57 Å². The third kappa shape index (κ3) is 3.62. The number of hydrogen-bond acceptors (Lipinski definition) is 5. The molecule has 0 amide bonds. The van der Waals surface area contributed by atoms with Crippen LogP contribution >= 0.6 is 22.9 Å². The number of aromatic nitrogens is 4. The van der Waals surface area contributed by atoms with Crippen LogP contribution in [0.5, 0.6) is 0 Å². The Morgan fingerprint density at radius 1 is 1.27 bits per heavy atom. The molecule has 0 unspecified atom stereocenters. The molecule has 9 heteroatoms. The Morgan fingerprint density at radius 3 is 2.69 bits per heavy atom. The SMILES string of the molecule is CCN(CCCn1c(=O)c2c(ncn2C)n(C)c1=O)Cc1ccc(Cl)s1. The summed E-state index contributed by atoms with van der Waals surface area (Å²) in [5.74, 6) is 0. The van der Waals surface area contributed by atoms with Gasteiger partial charge in [-0.3, -0.25) is 18.8 Å². The standard InChI is InChI=1S/C17H22ClN5O2S/c1-4-22(10-12-6-7-13(18)26-12)8-5-9-23-16(24)14-15(19-11-20(14)2)21(3)17(23)25/h6-7,11H,4-5,8-10H2,1-3H3. The van der Waals surface area contributed by atoms with Crippen molar-refractivity contribution in [1.82, 2.24) is 23.6 Å². The quantitative estimate of drug-likeness (QED) is 0.614. The smallest absolute Gasteiger partial charge is 0.328 e. The minimum atomic E-state index is -0.325. The van der Waals surface area contributed by atoms with Crippen molar-refractivity contribution in [3.05, 3.63) is 48.5 Å². The molecule has 3 aromatic heterocycles. The first-order chi connectivity index (χ1) is 12.4. The van der Waals surface area contributed by atoms with Gasteiger partial charge in [-0.2, -0.15) is 0 Å². The molecule has 0 spiro atoms. The van der Waals surface area contributed by atoms with Gasteiger partial charge in [0.2, 0.25) is 0 Å². The summed E-state index contributed by atoms with van der Waals surface area (Å²) in [5.41, 5.74) is 0.265. The van der Waals surface area contributed by atoms with Crippen molar-refractivity contribution < 1.29 is 0 Å². The zero-order chi connectivity index (χ0) is 18.8. The van der Waals surface area contributed by atoms with E-state index in [9.17, 15) is 9.59 Å². The van der Waals surface area contributed by atoms with E-state index in [0.717, 1.165) is 24.0 Å². The Balaban J connectivity index is 1.74. The first-order valence-electron chi connectivity index (χ1n) is 8.49. The molecule has 0 aliphatic rings. The molecule has 3 aromatic rings. The number of nitrogens with zero attached hydrogens (tertiary/aromatic N) is 5. The fourth-order valence-corrected chi connectivity index (χ4v) is 4.18. The Kier molecular flexibility index (Phi) is 5.64. The number of hydrogen-bond donors (Lipinski definition) is 0. The first kappa shape index (κ1) is 18.9. The van der Waals surface area contributed by atoms with E-state index in [1.165, 1.54) is 14.0 Å². The van der Waals surface area contributed by atoms with Crippen LogP contribution in [-0.4, -0.2) is 36.7 Å². The van der Waals surface area contributed by atoms with E-state index in [1.807, 2.05) is 12.1 Å². The molecule has 0 saturated heterocycles. The number of halogens is 1. The van der Waals surface area contributed by atoms with E-state index in [4.69, 9.17) is 11.6 Å². The van der Waals surface area contributed by atoms with Gasteiger partial charge in [-0.1, -0.05) is 18.5 Å². The van der Waals surface area contributed by atoms with Gasteiger partial charge in [-0.15, -0.1) is 11.3 Å². The zero-order valence-electron chi connectivity index (χ0n) is 15.1. The predicted molar refractivity (Wildman–Crippen MR) is 105 cm³/mol. The van der Waals surface area contributed by atoms with Gasteiger partial charge in [0.25, 0.3) is 5.56 Å². The van der Waals surface area contributed by atoms with Gasteiger partial charge in [0, 0.05) is 38.6 Å². The highest BCUT2D eigenvalue weighted by atomic mass is 35.5. The monoisotopic (exact) mass is 395 g/mol. The first-order valence-corrected chi connectivity index (χ1v) is 9.69. The number of imidazole rings is 1. The van der Waals surface area contributed by atoms with Crippen LogP contribution in [0.25, 0.3) is 11.2 Å². The summed E-state index contributed by atoms with van der Waals surface area (Å²) < 4.78 is 5.18. The van der Waals surface area contributed by atoms with Crippen LogP contribution in [0.1, 0.15) is 18.2 Å². The molecule has 3 heterocycles. The summed E-state index contributed by atoms with van der Waals surface area (Å²) in [5, 5.41) is 0. The Hall–Kier alpha value is -1.90. The molecule has 0 radical (unpaired) electrons. The molecular formula is C17H22ClN5O2S. The summed E-state index contributed by atoms with van der Waals surface area (Å²) in [6.07, 6.45) is 2.27. The van der Waals surface area contributed by atoms with Crippen molar-refractivity contribution in [1.29, 1.82) is 0 Å². The molecule has 0 saturated carbocycles. The summed E-state index contributed by atoms with van der Waals surface area (Å²) >= 11 is 7.57. The molecule has 0 N–H and O–H groups in total. The Labute approximate surface area is 160 Å². The van der Waals surface area contributed by atoms with Crippen molar-refractivity contribution in [2.75, 3.05) is 13.1 Å². The van der Waals surface area contributed by atoms with Crippen LogP contribution in [0, 0.1) is 0 Å². The van der Waals surface area contributed by atoms with Crippen molar-refractivity contribution in [3.8, 4) is 0 Å². The van der Waals surface area contributed by atoms with E-state index >= 15 is 0 Å². The lowest BCUT2D eigenvalue weighted by Crippen LogP contribution is -2.40. The number of rotatable bonds is 7. The molecular weight excluding hydrogens is 374 g/mol. The molecule has 3 rings (SSSR count). The molecule has 7 nitrogen and oxygen atoms in total. The third-order valence-electron chi connectivity index (χ3n) is 4.51. The van der Waals surface area contributed by atoms with E-state index in [0.29, 0.717) is 24.1 Å². The van der Waals surface area contributed by atoms with Crippen molar-refractivity contribution in [3.63, 3.8) is 0 Å². The van der Waals surface area contributed by atoms with Crippen LogP contribution in [0.2, 0.25) is 4.34 Å². The zero-order valence-corrected chi connectivity index (χ0v) is 16.7. The van der Waals surface area contributed by atoms with Gasteiger partial charge in [0.1, 0.15) is 0 Å². The molecule has 0 aliphatic carbocycles. The second-order valence-electron chi connectivity index (χ2n) is 6.25. The average molecular weight is 396 g/mol. The average Bonchev–Trinajstić information content (AvgIpc) is 3.20. The highest BCUT2D eigenvalue weighted by Gasteiger charge is 2.15. The molecule has 0 atom stereocenters. The highest BCUT2D eigenvalue weighted by Crippen LogP contribution is 2.22. The molecule has 0 aliphatic heterocycles. The fourth-order valence-electron chi connectivity index (χ4n) is 3.05. The summed E-state index contributed by atoms with van der Waals surface area (Å²) in [6, 6.07) is 3.94. The van der Waals surface area contributed by atoms with E-state index in [2.05, 4.69) is 16.8 Å². The largest absolute Gasteiger partial charge is 0.332 e. The van der Waals surface area contributed by atoms with Crippen LogP contribution in [0.15, 0.2) is 28.0 Å². The number of thiophene rings is 1. The van der Waals surface area contributed by atoms with Crippen LogP contribution < -0.4 is 11.2 Å². The maximum atomic E-state index is 12.7. The van der Waals surface area contributed by atoms with Gasteiger partial charge in [0.15, 0.2) is 11.2 Å². The molecule has 140 valence electrons. The van der Waals surface area contributed by atoms with Crippen molar-refractivity contribution >= 4 is 34.1 Å². The summed E-state index contributed by atoms with van der Waals surface area (Å²) in [6.45, 7) is 4.99. The lowest BCUT2D eigenvalue weighted by molar-refractivity contribution is 0.271. The van der Waals surface area contributed by atoms with Crippen LogP contribution in [0.4, 0.5) is 0 Å². The second-order valence-corrected chi connectivity index (χ2v) is 8.05. The van der Waals surface area contributed by atoms with Crippen molar-refractivity contribution in [2.45, 2.75) is 26.4 Å². The molecule has 0 fully saturated rings. The fraction of sp³-hybridized carbons (Fsp3) is 0.471. The topological polar surface area (TPSA) is 65.1 Å². The number of fused-ring (bicyclic) bond motifs is 1. The normalized spacial score (nSPS) is 11.7. The van der Waals surface area contributed by atoms with Crippen molar-refractivity contribution in [2.24, 2.45) is 14.1 Å². The molecule has 0 aromatic carbocycles. The van der Waals surface area contributed by atoms with Crippen LogP contribution in [0.3, 0.4) is 0 Å². The van der Waals surface area contributed by atoms with E-state index < -0.39 is 0 Å². The van der Waals surface area contributed by atoms with Gasteiger partial charge in [0.05, 0.1) is 10.7 Å². The van der Waals surface area contributed by atoms with Gasteiger partial charge in [-0.25, -0.2) is 9.78 Å². The molecule has 26 heavy (non-hydrogen) atoms. The summed E-state index contributed by atoms with van der Waals surface area (Å²) in [7, 11) is 3.41. The van der Waals surface area contributed by atoms with E-state index in [1.54, 1.807) is 36.3 Å². The van der Waals surface area contributed by atoms with Gasteiger partial charge >= 0.3 is 5.69 Å².